The molecule has 2 N–H and O–H groups in total. The van der Waals surface area contributed by atoms with Crippen molar-refractivity contribution in [3.63, 3.8) is 0 Å². The Hall–Kier alpha value is -2.08. The van der Waals surface area contributed by atoms with Crippen LogP contribution in [-0.2, 0) is 11.3 Å². The molecule has 6 nitrogen and oxygen atoms in total. The molecule has 0 bridgehead atoms. The van der Waals surface area contributed by atoms with E-state index in [4.69, 9.17) is 0 Å². The lowest BCUT2D eigenvalue weighted by Gasteiger charge is -2.34. The van der Waals surface area contributed by atoms with E-state index in [-0.39, 0.29) is 17.9 Å². The first-order chi connectivity index (χ1) is 12.7. The number of rotatable bonds is 5. The van der Waals surface area contributed by atoms with Crippen molar-refractivity contribution < 1.29 is 9.59 Å². The number of benzene rings is 1. The number of para-hydroxylation sites is 1. The van der Waals surface area contributed by atoms with Crippen LogP contribution in [0.5, 0.6) is 0 Å². The maximum absolute atomic E-state index is 12.8. The van der Waals surface area contributed by atoms with E-state index in [1.807, 2.05) is 34.1 Å². The number of nitrogens with one attached hydrogen (secondary N) is 2. The molecule has 6 heteroatoms. The first kappa shape index (κ1) is 18.7. The molecule has 142 valence electrons. The van der Waals surface area contributed by atoms with Gasteiger partial charge in [-0.25, -0.2) is 4.79 Å². The minimum absolute atomic E-state index is 0.0212. The van der Waals surface area contributed by atoms with Gasteiger partial charge in [0.25, 0.3) is 0 Å². The summed E-state index contributed by atoms with van der Waals surface area (Å²) in [4.78, 5) is 29.2. The maximum Gasteiger partial charge on any atom is 0.320 e. The largest absolute Gasteiger partial charge is 0.325 e. The summed E-state index contributed by atoms with van der Waals surface area (Å²) >= 11 is 0. The normalized spacial score (nSPS) is 20.3. The van der Waals surface area contributed by atoms with Gasteiger partial charge in [-0.1, -0.05) is 25.1 Å². The number of amides is 3. The van der Waals surface area contributed by atoms with E-state index in [9.17, 15) is 9.59 Å². The number of anilines is 1. The molecular weight excluding hydrogens is 328 g/mol. The average molecular weight is 358 g/mol. The summed E-state index contributed by atoms with van der Waals surface area (Å²) in [6.45, 7) is 6.67. The number of nitrogens with zero attached hydrogens (tertiary/aromatic N) is 2. The minimum atomic E-state index is -0.137. The fraction of sp³-hybridized carbons (Fsp3) is 0.600. The molecule has 3 rings (SSSR count). The third-order valence-corrected chi connectivity index (χ3v) is 5.28. The average Bonchev–Trinajstić information content (AvgIpc) is 3.21. The van der Waals surface area contributed by atoms with E-state index in [1.165, 1.54) is 0 Å². The Morgan fingerprint density at radius 1 is 1.08 bits per heavy atom. The summed E-state index contributed by atoms with van der Waals surface area (Å²) in [5.74, 6) is -0.115. The zero-order chi connectivity index (χ0) is 18.4. The molecule has 26 heavy (non-hydrogen) atoms. The number of carbonyl (C=O) groups is 2. The second-order valence-electron chi connectivity index (χ2n) is 7.19. The Bertz CT molecular complexity index is 628. The van der Waals surface area contributed by atoms with Gasteiger partial charge in [-0.05, 0) is 43.9 Å². The molecule has 0 aliphatic carbocycles. The molecule has 1 aromatic rings. The van der Waals surface area contributed by atoms with Crippen LogP contribution in [-0.4, -0.2) is 54.5 Å². The minimum Gasteiger partial charge on any atom is -0.325 e. The molecule has 1 unspecified atom stereocenters. The summed E-state index contributed by atoms with van der Waals surface area (Å²) in [6.07, 6.45) is 3.90. The van der Waals surface area contributed by atoms with Crippen LogP contribution < -0.4 is 10.6 Å². The number of hydrogen-bond donors (Lipinski definition) is 2. The van der Waals surface area contributed by atoms with Crippen molar-refractivity contribution in [2.45, 2.75) is 39.2 Å². The zero-order valence-corrected chi connectivity index (χ0v) is 15.7. The quantitative estimate of drug-likeness (QED) is 0.850. The summed E-state index contributed by atoms with van der Waals surface area (Å²) in [7, 11) is 0. The van der Waals surface area contributed by atoms with Crippen molar-refractivity contribution >= 4 is 17.6 Å². The van der Waals surface area contributed by atoms with Crippen molar-refractivity contribution in [2.75, 3.05) is 38.0 Å². The number of likely N-dealkylation sites (tertiary alicyclic amines) is 2. The highest BCUT2D eigenvalue weighted by molar-refractivity contribution is 5.93. The molecule has 2 aliphatic rings. The van der Waals surface area contributed by atoms with Crippen molar-refractivity contribution in [2.24, 2.45) is 5.92 Å². The van der Waals surface area contributed by atoms with Crippen LogP contribution >= 0.6 is 0 Å². The molecule has 0 spiro atoms. The molecule has 2 aliphatic heterocycles. The highest BCUT2D eigenvalue weighted by atomic mass is 16.2. The van der Waals surface area contributed by atoms with Gasteiger partial charge in [-0.3, -0.25) is 4.79 Å². The Balaban J connectivity index is 1.60. The van der Waals surface area contributed by atoms with E-state index in [2.05, 4.69) is 17.6 Å². The summed E-state index contributed by atoms with van der Waals surface area (Å²) in [6, 6.07) is 8.00. The second kappa shape index (κ2) is 9.03. The van der Waals surface area contributed by atoms with Crippen LogP contribution in [0.3, 0.4) is 0 Å². The van der Waals surface area contributed by atoms with Gasteiger partial charge in [0.1, 0.15) is 0 Å². The third-order valence-electron chi connectivity index (χ3n) is 5.28. The van der Waals surface area contributed by atoms with Crippen LogP contribution in [0.1, 0.15) is 38.2 Å². The molecule has 0 radical (unpaired) electrons. The first-order valence-electron chi connectivity index (χ1n) is 9.82. The molecule has 0 aromatic heterocycles. The van der Waals surface area contributed by atoms with Crippen molar-refractivity contribution in [1.29, 1.82) is 0 Å². The molecule has 2 heterocycles. The molecule has 1 atom stereocenters. The summed E-state index contributed by atoms with van der Waals surface area (Å²) in [5, 5.41) is 6.39. The molecule has 1 aromatic carbocycles. The van der Waals surface area contributed by atoms with Crippen LogP contribution in [0.15, 0.2) is 24.3 Å². The predicted octanol–water partition coefficient (Wildman–Crippen LogP) is 2.66. The van der Waals surface area contributed by atoms with E-state index >= 15 is 0 Å². The monoisotopic (exact) mass is 358 g/mol. The lowest BCUT2D eigenvalue weighted by Crippen LogP contribution is -2.48. The smallest absolute Gasteiger partial charge is 0.320 e. The topological polar surface area (TPSA) is 64.7 Å². The van der Waals surface area contributed by atoms with Crippen LogP contribution in [0.2, 0.25) is 0 Å². The van der Waals surface area contributed by atoms with Crippen molar-refractivity contribution in [3.8, 4) is 0 Å². The highest BCUT2D eigenvalue weighted by Gasteiger charge is 2.31. The number of piperidine rings is 1. The van der Waals surface area contributed by atoms with Crippen LogP contribution in [0.4, 0.5) is 10.5 Å². The van der Waals surface area contributed by atoms with Gasteiger partial charge in [0.05, 0.1) is 5.92 Å². The molecule has 3 amide bonds. The first-order valence-corrected chi connectivity index (χ1v) is 9.82. The van der Waals surface area contributed by atoms with Gasteiger partial charge in [0.15, 0.2) is 0 Å². The molecule has 2 saturated heterocycles. The second-order valence-corrected chi connectivity index (χ2v) is 7.19. The third kappa shape index (κ3) is 4.55. The summed E-state index contributed by atoms with van der Waals surface area (Å²) < 4.78 is 0. The lowest BCUT2D eigenvalue weighted by molar-refractivity contribution is -0.121. The molecule has 2 fully saturated rings. The van der Waals surface area contributed by atoms with E-state index in [0.717, 1.165) is 69.7 Å². The van der Waals surface area contributed by atoms with E-state index in [0.29, 0.717) is 6.54 Å². The fourth-order valence-electron chi connectivity index (χ4n) is 3.76. The van der Waals surface area contributed by atoms with Gasteiger partial charge in [0.2, 0.25) is 5.91 Å². The van der Waals surface area contributed by atoms with Gasteiger partial charge >= 0.3 is 6.03 Å². The highest BCUT2D eigenvalue weighted by Crippen LogP contribution is 2.22. The van der Waals surface area contributed by atoms with Crippen LogP contribution in [0, 0.1) is 5.92 Å². The summed E-state index contributed by atoms with van der Waals surface area (Å²) in [5.41, 5.74) is 1.95. The Labute approximate surface area is 155 Å². The van der Waals surface area contributed by atoms with E-state index < -0.39 is 0 Å². The Morgan fingerprint density at radius 3 is 2.58 bits per heavy atom. The zero-order valence-electron chi connectivity index (χ0n) is 15.7. The van der Waals surface area contributed by atoms with Crippen LogP contribution in [0.25, 0.3) is 0 Å². The predicted molar refractivity (Wildman–Crippen MR) is 103 cm³/mol. The SMILES string of the molecule is CCNCc1ccccc1NC(=O)C1CCCN(C(=O)N2CCCC2)C1. The number of urea groups is 1. The van der Waals surface area contributed by atoms with Crippen molar-refractivity contribution in [1.82, 2.24) is 15.1 Å². The Morgan fingerprint density at radius 2 is 1.81 bits per heavy atom. The molecular formula is C20H30N4O2. The number of hydrogen-bond acceptors (Lipinski definition) is 3. The number of carbonyl (C=O) groups excluding carboxylic acids is 2. The molecule has 0 saturated carbocycles. The van der Waals surface area contributed by atoms with Gasteiger partial charge in [-0.2, -0.15) is 0 Å². The fourth-order valence-corrected chi connectivity index (χ4v) is 3.76. The lowest BCUT2D eigenvalue weighted by atomic mass is 9.97. The van der Waals surface area contributed by atoms with Gasteiger partial charge < -0.3 is 20.4 Å². The maximum atomic E-state index is 12.8. The van der Waals surface area contributed by atoms with Crippen molar-refractivity contribution in [3.05, 3.63) is 29.8 Å². The van der Waals surface area contributed by atoms with E-state index in [1.54, 1.807) is 0 Å². The van der Waals surface area contributed by atoms with Gasteiger partial charge in [-0.15, -0.1) is 0 Å². The standard InChI is InChI=1S/C20H30N4O2/c1-2-21-14-16-8-3-4-10-18(16)22-19(25)17-9-7-13-24(15-17)20(26)23-11-5-6-12-23/h3-4,8,10,17,21H,2,5-7,9,11-15H2,1H3,(H,22,25). The Kier molecular flexibility index (Phi) is 6.50. The van der Waals surface area contributed by atoms with Gasteiger partial charge in [0, 0.05) is 38.4 Å².